The molecule has 0 unspecified atom stereocenters. The molecule has 0 atom stereocenters. The highest BCUT2D eigenvalue weighted by Crippen LogP contribution is 2.21. The summed E-state index contributed by atoms with van der Waals surface area (Å²) in [6.45, 7) is 8.35. The maximum atomic E-state index is 11.9. The Morgan fingerprint density at radius 1 is 1.03 bits per heavy atom. The molecule has 2 aliphatic rings. The molecule has 2 heterocycles. The summed E-state index contributed by atoms with van der Waals surface area (Å²) in [5.41, 5.74) is 2.18. The highest BCUT2D eigenvalue weighted by Gasteiger charge is 2.21. The number of carbonyl (C=O) groups excluding carboxylic acids is 1. The molecule has 160 valence electrons. The predicted octanol–water partition coefficient (Wildman–Crippen LogP) is 1.51. The number of carbonyl (C=O) groups is 1. The minimum atomic E-state index is 0.229. The van der Waals surface area contributed by atoms with Crippen molar-refractivity contribution in [3.05, 3.63) is 29.8 Å². The SMILES string of the molecule is CN=C(NCCCN1CCCN(C)CC1)NCc1ccc(N2CCCC2=O)cc1. The van der Waals surface area contributed by atoms with Crippen molar-refractivity contribution >= 4 is 17.6 Å². The van der Waals surface area contributed by atoms with Gasteiger partial charge in [0.05, 0.1) is 0 Å². The standard InChI is InChI=1S/C22H36N6O/c1-23-22(24-11-4-13-27-14-5-12-26(2)16-17-27)25-18-19-7-9-20(10-8-19)28-15-3-6-21(28)29/h7-10H,3-6,11-18H2,1-2H3,(H2,23,24,25). The van der Waals surface area contributed by atoms with Crippen molar-refractivity contribution in [2.75, 3.05) is 64.8 Å². The van der Waals surface area contributed by atoms with Crippen LogP contribution in [-0.4, -0.2) is 81.6 Å². The van der Waals surface area contributed by atoms with E-state index in [1.165, 1.54) is 38.2 Å². The van der Waals surface area contributed by atoms with E-state index in [-0.39, 0.29) is 5.91 Å². The van der Waals surface area contributed by atoms with E-state index >= 15 is 0 Å². The number of hydrogen-bond acceptors (Lipinski definition) is 4. The minimum absolute atomic E-state index is 0.229. The zero-order chi connectivity index (χ0) is 20.5. The molecule has 1 aromatic rings. The molecule has 0 saturated carbocycles. The van der Waals surface area contributed by atoms with Crippen molar-refractivity contribution in [2.24, 2.45) is 4.99 Å². The Kier molecular flexibility index (Phi) is 8.31. The monoisotopic (exact) mass is 400 g/mol. The average molecular weight is 401 g/mol. The first-order valence-electron chi connectivity index (χ1n) is 10.9. The van der Waals surface area contributed by atoms with Crippen LogP contribution in [0.2, 0.25) is 0 Å². The van der Waals surface area contributed by atoms with Crippen molar-refractivity contribution in [2.45, 2.75) is 32.2 Å². The van der Waals surface area contributed by atoms with E-state index in [2.05, 4.69) is 44.6 Å². The lowest BCUT2D eigenvalue weighted by Gasteiger charge is -2.20. The highest BCUT2D eigenvalue weighted by molar-refractivity contribution is 5.95. The van der Waals surface area contributed by atoms with Crippen LogP contribution in [0, 0.1) is 0 Å². The third kappa shape index (κ3) is 6.72. The van der Waals surface area contributed by atoms with Crippen molar-refractivity contribution in [1.82, 2.24) is 20.4 Å². The van der Waals surface area contributed by atoms with Crippen LogP contribution in [0.1, 0.15) is 31.2 Å². The van der Waals surface area contributed by atoms with Gasteiger partial charge in [-0.2, -0.15) is 0 Å². The molecule has 1 aromatic carbocycles. The number of amides is 1. The summed E-state index contributed by atoms with van der Waals surface area (Å²) in [4.78, 5) is 23.0. The van der Waals surface area contributed by atoms with Gasteiger partial charge in [-0.3, -0.25) is 9.79 Å². The summed E-state index contributed by atoms with van der Waals surface area (Å²) < 4.78 is 0. The first-order valence-corrected chi connectivity index (χ1v) is 10.9. The Balaban J connectivity index is 1.35. The number of likely N-dealkylation sites (N-methyl/N-ethyl adjacent to an activating group) is 1. The third-order valence-corrected chi connectivity index (χ3v) is 5.76. The molecular formula is C22H36N6O. The van der Waals surface area contributed by atoms with Crippen LogP contribution >= 0.6 is 0 Å². The van der Waals surface area contributed by atoms with E-state index in [0.29, 0.717) is 13.0 Å². The lowest BCUT2D eigenvalue weighted by molar-refractivity contribution is -0.117. The number of anilines is 1. The van der Waals surface area contributed by atoms with Crippen LogP contribution in [-0.2, 0) is 11.3 Å². The summed E-state index contributed by atoms with van der Waals surface area (Å²) in [5.74, 6) is 1.06. The summed E-state index contributed by atoms with van der Waals surface area (Å²) in [5, 5.41) is 6.79. The van der Waals surface area contributed by atoms with Crippen LogP contribution in [0.3, 0.4) is 0 Å². The third-order valence-electron chi connectivity index (χ3n) is 5.76. The molecule has 0 radical (unpaired) electrons. The smallest absolute Gasteiger partial charge is 0.227 e. The molecule has 2 saturated heterocycles. The number of benzene rings is 1. The second-order valence-corrected chi connectivity index (χ2v) is 8.02. The Labute approximate surface area is 175 Å². The fourth-order valence-corrected chi connectivity index (χ4v) is 3.95. The minimum Gasteiger partial charge on any atom is -0.356 e. The highest BCUT2D eigenvalue weighted by atomic mass is 16.2. The lowest BCUT2D eigenvalue weighted by Crippen LogP contribution is -2.38. The fourth-order valence-electron chi connectivity index (χ4n) is 3.95. The van der Waals surface area contributed by atoms with E-state index < -0.39 is 0 Å². The van der Waals surface area contributed by atoms with Crippen LogP contribution in [0.4, 0.5) is 5.69 Å². The number of hydrogen-bond donors (Lipinski definition) is 2. The molecule has 1 amide bonds. The number of guanidine groups is 1. The molecule has 7 heteroatoms. The average Bonchev–Trinajstić information content (AvgIpc) is 3.05. The molecule has 2 fully saturated rings. The number of nitrogens with zero attached hydrogens (tertiary/aromatic N) is 4. The molecule has 0 aromatic heterocycles. The summed E-state index contributed by atoms with van der Waals surface area (Å²) in [7, 11) is 4.02. The van der Waals surface area contributed by atoms with Crippen LogP contribution in [0.15, 0.2) is 29.3 Å². The largest absolute Gasteiger partial charge is 0.356 e. The lowest BCUT2D eigenvalue weighted by atomic mass is 10.2. The summed E-state index contributed by atoms with van der Waals surface area (Å²) in [6, 6.07) is 8.24. The van der Waals surface area contributed by atoms with Gasteiger partial charge in [0.1, 0.15) is 0 Å². The van der Waals surface area contributed by atoms with Crippen LogP contribution in [0.5, 0.6) is 0 Å². The van der Waals surface area contributed by atoms with Crippen molar-refractivity contribution in [3.63, 3.8) is 0 Å². The zero-order valence-corrected chi connectivity index (χ0v) is 18.0. The molecule has 3 rings (SSSR count). The number of aliphatic imine (C=N–C) groups is 1. The fraction of sp³-hybridized carbons (Fsp3) is 0.636. The van der Waals surface area contributed by atoms with Gasteiger partial charge in [-0.1, -0.05) is 12.1 Å². The van der Waals surface area contributed by atoms with Gasteiger partial charge in [0, 0.05) is 51.9 Å². The molecule has 0 spiro atoms. The molecule has 0 bridgehead atoms. The van der Waals surface area contributed by atoms with Gasteiger partial charge in [0.15, 0.2) is 5.96 Å². The van der Waals surface area contributed by atoms with E-state index in [1.54, 1.807) is 0 Å². The Hall–Kier alpha value is -2.12. The topological polar surface area (TPSA) is 63.2 Å². The van der Waals surface area contributed by atoms with Gasteiger partial charge in [-0.15, -0.1) is 0 Å². The Morgan fingerprint density at radius 2 is 1.86 bits per heavy atom. The second-order valence-electron chi connectivity index (χ2n) is 8.02. The van der Waals surface area contributed by atoms with Gasteiger partial charge >= 0.3 is 0 Å². The van der Waals surface area contributed by atoms with Gasteiger partial charge in [-0.25, -0.2) is 0 Å². The van der Waals surface area contributed by atoms with E-state index in [0.717, 1.165) is 44.1 Å². The maximum absolute atomic E-state index is 11.9. The number of nitrogens with one attached hydrogen (secondary N) is 2. The van der Waals surface area contributed by atoms with Crippen molar-refractivity contribution < 1.29 is 4.79 Å². The van der Waals surface area contributed by atoms with E-state index in [9.17, 15) is 4.79 Å². The normalized spacial score (nSPS) is 19.4. The zero-order valence-electron chi connectivity index (χ0n) is 18.0. The van der Waals surface area contributed by atoms with E-state index in [4.69, 9.17) is 0 Å². The Morgan fingerprint density at radius 3 is 2.59 bits per heavy atom. The van der Waals surface area contributed by atoms with Crippen LogP contribution < -0.4 is 15.5 Å². The Bertz CT molecular complexity index is 674. The molecule has 2 aliphatic heterocycles. The summed E-state index contributed by atoms with van der Waals surface area (Å²) in [6.07, 6.45) is 4.00. The molecule has 0 aliphatic carbocycles. The van der Waals surface area contributed by atoms with Gasteiger partial charge < -0.3 is 25.3 Å². The van der Waals surface area contributed by atoms with Crippen molar-refractivity contribution in [3.8, 4) is 0 Å². The first-order chi connectivity index (χ1) is 14.2. The molecule has 2 N–H and O–H groups in total. The van der Waals surface area contributed by atoms with E-state index in [1.807, 2.05) is 24.1 Å². The molecule has 29 heavy (non-hydrogen) atoms. The number of rotatable bonds is 7. The predicted molar refractivity (Wildman–Crippen MR) is 119 cm³/mol. The summed E-state index contributed by atoms with van der Waals surface area (Å²) >= 11 is 0. The van der Waals surface area contributed by atoms with Gasteiger partial charge in [0.25, 0.3) is 0 Å². The van der Waals surface area contributed by atoms with Gasteiger partial charge in [-0.05, 0) is 63.6 Å². The molecular weight excluding hydrogens is 364 g/mol. The second kappa shape index (κ2) is 11.2. The molecule has 7 nitrogen and oxygen atoms in total. The van der Waals surface area contributed by atoms with Gasteiger partial charge in [0.2, 0.25) is 5.91 Å². The van der Waals surface area contributed by atoms with Crippen LogP contribution in [0.25, 0.3) is 0 Å². The maximum Gasteiger partial charge on any atom is 0.227 e. The van der Waals surface area contributed by atoms with Crippen molar-refractivity contribution in [1.29, 1.82) is 0 Å². The quantitative estimate of drug-likeness (QED) is 0.413. The first kappa shape index (κ1) is 21.6.